The van der Waals surface area contributed by atoms with E-state index in [0.29, 0.717) is 45.1 Å². The Kier molecular flexibility index (Phi) is 7.84. The molecule has 4 aromatic rings. The molecule has 0 atom stereocenters. The van der Waals surface area contributed by atoms with Gasteiger partial charge in [-0.2, -0.15) is 0 Å². The number of halogens is 2. The molecular formula is C22H23Cl2N3O3S2. The molecule has 0 aliphatic rings. The first-order chi connectivity index (χ1) is 14.9. The number of carbonyl (C=O) groups excluding carboxylic acids is 1. The average molecular weight is 512 g/mol. The van der Waals surface area contributed by atoms with Crippen LogP contribution in [0.4, 0.5) is 5.13 Å². The van der Waals surface area contributed by atoms with Crippen molar-refractivity contribution in [2.75, 3.05) is 46.3 Å². The number of aromatic nitrogens is 1. The number of thiophene rings is 1. The lowest BCUT2D eigenvalue weighted by atomic mass is 10.2. The molecule has 2 aromatic carbocycles. The molecule has 0 N–H and O–H groups in total. The lowest BCUT2D eigenvalue weighted by Crippen LogP contribution is -2.36. The van der Waals surface area contributed by atoms with Crippen molar-refractivity contribution in [3.63, 3.8) is 0 Å². The summed E-state index contributed by atoms with van der Waals surface area (Å²) in [5.74, 6) is 1.17. The van der Waals surface area contributed by atoms with Crippen molar-refractivity contribution in [3.8, 4) is 11.5 Å². The summed E-state index contributed by atoms with van der Waals surface area (Å²) in [4.78, 5) is 22.7. The standard InChI is InChI=1S/C22H22ClN3O3S2.ClH/c1-25(2)11-12-26(21(27)20-17(23)13-7-5-6-8-16(13)30-20)22-24-18-14(28-3)9-10-15(29-4)19(18)31-22;/h5-10H,11-12H2,1-4H3;1H. The minimum Gasteiger partial charge on any atom is -0.495 e. The van der Waals surface area contributed by atoms with Crippen LogP contribution >= 0.6 is 46.7 Å². The topological polar surface area (TPSA) is 54.9 Å². The number of amides is 1. The maximum absolute atomic E-state index is 13.7. The van der Waals surface area contributed by atoms with Crippen molar-refractivity contribution in [2.24, 2.45) is 0 Å². The average Bonchev–Trinajstić information content (AvgIpc) is 3.35. The molecule has 1 amide bonds. The van der Waals surface area contributed by atoms with Crippen molar-refractivity contribution in [1.82, 2.24) is 9.88 Å². The Bertz CT molecular complexity index is 1220. The summed E-state index contributed by atoms with van der Waals surface area (Å²) < 4.78 is 12.8. The number of rotatable bonds is 7. The summed E-state index contributed by atoms with van der Waals surface area (Å²) in [5.41, 5.74) is 0.673. The summed E-state index contributed by atoms with van der Waals surface area (Å²) in [6, 6.07) is 11.4. The number of nitrogens with zero attached hydrogens (tertiary/aromatic N) is 3. The second-order valence-corrected chi connectivity index (χ2v) is 9.55. The largest absolute Gasteiger partial charge is 0.495 e. The van der Waals surface area contributed by atoms with Crippen LogP contribution in [0, 0.1) is 0 Å². The first-order valence-corrected chi connectivity index (χ1v) is 11.6. The van der Waals surface area contributed by atoms with Gasteiger partial charge in [-0.15, -0.1) is 23.7 Å². The second-order valence-electron chi connectivity index (χ2n) is 7.15. The summed E-state index contributed by atoms with van der Waals surface area (Å²) in [6.07, 6.45) is 0. The van der Waals surface area contributed by atoms with Crippen LogP contribution in [0.15, 0.2) is 36.4 Å². The molecule has 0 unspecified atom stereocenters. The van der Waals surface area contributed by atoms with Gasteiger partial charge < -0.3 is 14.4 Å². The van der Waals surface area contributed by atoms with Crippen LogP contribution < -0.4 is 14.4 Å². The zero-order valence-corrected chi connectivity index (χ0v) is 21.3. The Morgan fingerprint density at radius 1 is 1.03 bits per heavy atom. The first kappa shape index (κ1) is 24.5. The van der Waals surface area contributed by atoms with Crippen LogP contribution in [0.2, 0.25) is 5.02 Å². The van der Waals surface area contributed by atoms with E-state index in [1.54, 1.807) is 19.1 Å². The smallest absolute Gasteiger partial charge is 0.271 e. The molecule has 10 heteroatoms. The van der Waals surface area contributed by atoms with Gasteiger partial charge in [-0.3, -0.25) is 9.69 Å². The number of thiazole rings is 1. The summed E-state index contributed by atoms with van der Waals surface area (Å²) in [7, 11) is 7.16. The highest BCUT2D eigenvalue weighted by atomic mass is 35.5. The maximum Gasteiger partial charge on any atom is 0.271 e. The van der Waals surface area contributed by atoms with Crippen LogP contribution in [-0.2, 0) is 0 Å². The van der Waals surface area contributed by atoms with Crippen LogP contribution in [0.1, 0.15) is 9.67 Å². The summed E-state index contributed by atoms with van der Waals surface area (Å²) >= 11 is 9.42. The normalized spacial score (nSPS) is 11.1. The SMILES string of the molecule is COc1ccc(OC)c2sc(N(CCN(C)C)C(=O)c3sc4ccccc4c3Cl)nc12.Cl. The molecule has 0 aliphatic heterocycles. The van der Waals surface area contributed by atoms with Gasteiger partial charge >= 0.3 is 0 Å². The van der Waals surface area contributed by atoms with Crippen LogP contribution in [0.3, 0.4) is 0 Å². The third-order valence-corrected chi connectivity index (χ3v) is 7.63. The van der Waals surface area contributed by atoms with Gasteiger partial charge in [-0.25, -0.2) is 4.98 Å². The molecular weight excluding hydrogens is 489 g/mol. The predicted molar refractivity (Wildman–Crippen MR) is 137 cm³/mol. The highest BCUT2D eigenvalue weighted by Crippen LogP contribution is 2.42. The zero-order valence-electron chi connectivity index (χ0n) is 18.0. The van der Waals surface area contributed by atoms with E-state index in [0.717, 1.165) is 14.8 Å². The van der Waals surface area contributed by atoms with Crippen molar-refractivity contribution >= 4 is 78.0 Å². The first-order valence-electron chi connectivity index (χ1n) is 9.59. The second kappa shape index (κ2) is 10.2. The van der Waals surface area contributed by atoms with E-state index in [9.17, 15) is 4.79 Å². The monoisotopic (exact) mass is 511 g/mol. The van der Waals surface area contributed by atoms with Crippen molar-refractivity contribution in [3.05, 3.63) is 46.3 Å². The van der Waals surface area contributed by atoms with Gasteiger partial charge in [-0.05, 0) is 32.3 Å². The van der Waals surface area contributed by atoms with Crippen molar-refractivity contribution in [1.29, 1.82) is 0 Å². The number of benzene rings is 2. The third-order valence-electron chi connectivity index (χ3n) is 4.87. The number of anilines is 1. The van der Waals surface area contributed by atoms with Gasteiger partial charge in [0.2, 0.25) is 0 Å². The molecule has 0 saturated heterocycles. The fourth-order valence-electron chi connectivity index (χ4n) is 3.25. The molecule has 170 valence electrons. The highest BCUT2D eigenvalue weighted by molar-refractivity contribution is 7.23. The van der Waals surface area contributed by atoms with E-state index in [1.807, 2.05) is 55.4 Å². The molecule has 4 rings (SSSR count). The molecule has 0 fully saturated rings. The quantitative estimate of drug-likeness (QED) is 0.313. The molecule has 32 heavy (non-hydrogen) atoms. The fourth-order valence-corrected chi connectivity index (χ4v) is 5.81. The molecule has 0 aliphatic carbocycles. The molecule has 0 spiro atoms. The molecule has 0 saturated carbocycles. The van der Waals surface area contributed by atoms with E-state index in [-0.39, 0.29) is 18.3 Å². The lowest BCUT2D eigenvalue weighted by Gasteiger charge is -2.21. The fraction of sp³-hybridized carbons (Fsp3) is 0.273. The third kappa shape index (κ3) is 4.51. The summed E-state index contributed by atoms with van der Waals surface area (Å²) in [5, 5.41) is 1.95. The maximum atomic E-state index is 13.7. The Hall–Kier alpha value is -2.10. The van der Waals surface area contributed by atoms with E-state index >= 15 is 0 Å². The van der Waals surface area contributed by atoms with Gasteiger partial charge in [0.05, 0.1) is 19.2 Å². The Morgan fingerprint density at radius 2 is 1.72 bits per heavy atom. The van der Waals surface area contributed by atoms with Gasteiger partial charge in [0.25, 0.3) is 5.91 Å². The zero-order chi connectivity index (χ0) is 22.1. The summed E-state index contributed by atoms with van der Waals surface area (Å²) in [6.45, 7) is 1.15. The van der Waals surface area contributed by atoms with Crippen molar-refractivity contribution in [2.45, 2.75) is 0 Å². The van der Waals surface area contributed by atoms with E-state index < -0.39 is 0 Å². The number of likely N-dealkylation sites (N-methyl/N-ethyl adjacent to an activating group) is 1. The Balaban J connectivity index is 0.00000289. The number of hydrogen-bond acceptors (Lipinski definition) is 7. The van der Waals surface area contributed by atoms with Gasteiger partial charge in [0.1, 0.15) is 26.6 Å². The highest BCUT2D eigenvalue weighted by Gasteiger charge is 2.27. The number of carbonyl (C=O) groups is 1. The molecule has 0 bridgehead atoms. The van der Waals surface area contributed by atoms with Crippen molar-refractivity contribution < 1.29 is 14.3 Å². The minimum absolute atomic E-state index is 0. The van der Waals surface area contributed by atoms with Crippen LogP contribution in [-0.4, -0.2) is 57.2 Å². The number of methoxy groups -OCH3 is 2. The molecule has 6 nitrogen and oxygen atoms in total. The predicted octanol–water partition coefficient (Wildman–Crippen LogP) is 5.81. The van der Waals surface area contributed by atoms with E-state index in [1.165, 1.54) is 22.7 Å². The lowest BCUT2D eigenvalue weighted by molar-refractivity contribution is 0.0989. The minimum atomic E-state index is -0.162. The molecule has 2 heterocycles. The number of ether oxygens (including phenoxy) is 2. The van der Waals surface area contributed by atoms with E-state index in [4.69, 9.17) is 26.1 Å². The Labute approximate surface area is 205 Å². The van der Waals surface area contributed by atoms with Crippen LogP contribution in [0.25, 0.3) is 20.3 Å². The van der Waals surface area contributed by atoms with Gasteiger partial charge in [-0.1, -0.05) is 41.1 Å². The van der Waals surface area contributed by atoms with E-state index in [2.05, 4.69) is 0 Å². The molecule has 2 aromatic heterocycles. The van der Waals surface area contributed by atoms with Crippen LogP contribution in [0.5, 0.6) is 11.5 Å². The van der Waals surface area contributed by atoms with Gasteiger partial charge in [0.15, 0.2) is 5.13 Å². The van der Waals surface area contributed by atoms with Gasteiger partial charge in [0, 0.05) is 23.2 Å². The Morgan fingerprint density at radius 3 is 2.38 bits per heavy atom. The molecule has 0 radical (unpaired) electrons. The number of hydrogen-bond donors (Lipinski definition) is 0. The number of fused-ring (bicyclic) bond motifs is 2.